The van der Waals surface area contributed by atoms with E-state index in [0.717, 1.165) is 12.5 Å². The number of benzene rings is 3. The molecule has 5 rings (SSSR count). The molecule has 200 valence electrons. The minimum absolute atomic E-state index is 0.0962. The molecule has 0 N–H and O–H groups in total. The lowest BCUT2D eigenvalue weighted by Gasteiger charge is -2.14. The predicted octanol–water partition coefficient (Wildman–Crippen LogP) is 7.04. The van der Waals surface area contributed by atoms with Crippen LogP contribution in [-0.4, -0.2) is 29.2 Å². The number of sulfone groups is 1. The Bertz CT molecular complexity index is 1800. The van der Waals surface area contributed by atoms with Gasteiger partial charge in [0.1, 0.15) is 17.3 Å². The molecular formula is C28H21F4N3O3S. The summed E-state index contributed by atoms with van der Waals surface area (Å²) in [4.78, 5) is 8.34. The Morgan fingerprint density at radius 1 is 0.872 bits per heavy atom. The number of nitrogens with zero attached hydrogens (tertiary/aromatic N) is 3. The summed E-state index contributed by atoms with van der Waals surface area (Å²) < 4.78 is 85.5. The number of oxazole rings is 1. The van der Waals surface area contributed by atoms with E-state index in [2.05, 4.69) is 9.97 Å². The Hall–Kier alpha value is -4.25. The molecule has 0 amide bonds. The molecule has 2 aromatic heterocycles. The molecule has 11 heteroatoms. The van der Waals surface area contributed by atoms with Crippen LogP contribution >= 0.6 is 0 Å². The maximum Gasteiger partial charge on any atom is 0.434 e. The van der Waals surface area contributed by atoms with Gasteiger partial charge in [-0.2, -0.15) is 13.2 Å². The number of aryl methyl sites for hydroxylation is 2. The van der Waals surface area contributed by atoms with E-state index in [1.807, 2.05) is 0 Å². The molecule has 5 aromatic rings. The first kappa shape index (κ1) is 26.4. The fourth-order valence-electron chi connectivity index (χ4n) is 4.28. The van der Waals surface area contributed by atoms with Crippen molar-refractivity contribution in [2.75, 3.05) is 6.26 Å². The third kappa shape index (κ3) is 5.22. The lowest BCUT2D eigenvalue weighted by atomic mass is 9.98. The van der Waals surface area contributed by atoms with Crippen LogP contribution in [-0.2, 0) is 16.0 Å². The molecule has 0 aliphatic heterocycles. The van der Waals surface area contributed by atoms with Crippen LogP contribution in [0.25, 0.3) is 39.4 Å². The fraction of sp³-hybridized carbons (Fsp3) is 0.143. The molecule has 0 saturated carbocycles. The van der Waals surface area contributed by atoms with Crippen LogP contribution in [0.1, 0.15) is 17.4 Å². The van der Waals surface area contributed by atoms with E-state index in [4.69, 9.17) is 4.42 Å². The topological polar surface area (TPSA) is 78.0 Å². The maximum atomic E-state index is 13.6. The van der Waals surface area contributed by atoms with Crippen LogP contribution < -0.4 is 0 Å². The van der Waals surface area contributed by atoms with Crippen LogP contribution in [0, 0.1) is 19.7 Å². The lowest BCUT2D eigenvalue weighted by molar-refractivity contribution is -0.141. The minimum atomic E-state index is -4.65. The number of hydrogen-bond donors (Lipinski definition) is 0. The fourth-order valence-corrected chi connectivity index (χ4v) is 4.95. The quantitative estimate of drug-likeness (QED) is 0.218. The zero-order chi connectivity index (χ0) is 28.1. The van der Waals surface area contributed by atoms with Crippen molar-refractivity contribution in [3.8, 4) is 39.4 Å². The van der Waals surface area contributed by atoms with Crippen molar-refractivity contribution in [1.82, 2.24) is 14.5 Å². The van der Waals surface area contributed by atoms with Crippen LogP contribution in [0.4, 0.5) is 17.6 Å². The van der Waals surface area contributed by atoms with E-state index in [1.165, 1.54) is 47.9 Å². The molecule has 0 radical (unpaired) electrons. The molecule has 0 unspecified atom stereocenters. The highest BCUT2D eigenvalue weighted by Gasteiger charge is 2.35. The van der Waals surface area contributed by atoms with E-state index in [1.54, 1.807) is 37.3 Å². The van der Waals surface area contributed by atoms with E-state index < -0.39 is 27.5 Å². The van der Waals surface area contributed by atoms with Gasteiger partial charge in [-0.3, -0.25) is 0 Å². The lowest BCUT2D eigenvalue weighted by Crippen LogP contribution is -2.05. The maximum absolute atomic E-state index is 13.6. The number of halogens is 4. The summed E-state index contributed by atoms with van der Waals surface area (Å²) in [5, 5.41) is 0. The van der Waals surface area contributed by atoms with Gasteiger partial charge in [-0.15, -0.1) is 0 Å². The van der Waals surface area contributed by atoms with Crippen LogP contribution in [0.2, 0.25) is 0 Å². The Balaban J connectivity index is 1.77. The number of imidazole rings is 1. The third-order valence-electron chi connectivity index (χ3n) is 6.12. The van der Waals surface area contributed by atoms with Gasteiger partial charge in [0.05, 0.1) is 10.6 Å². The molecule has 0 atom stereocenters. The Kier molecular flexibility index (Phi) is 6.42. The molecule has 0 aliphatic carbocycles. The van der Waals surface area contributed by atoms with Gasteiger partial charge in [0.2, 0.25) is 0 Å². The van der Waals surface area contributed by atoms with Crippen molar-refractivity contribution in [2.24, 2.45) is 0 Å². The SMILES string of the molecule is Cc1nc(-c2cc(-c3cccc(S(C)(=O)=O)c3)ccc2-n2cc(C(F)(F)F)nc2C)c(-c2ccc(F)cc2)o1. The summed E-state index contributed by atoms with van der Waals surface area (Å²) in [5.74, 6) is 0.236. The first-order valence-electron chi connectivity index (χ1n) is 11.6. The van der Waals surface area contributed by atoms with Crippen molar-refractivity contribution < 1.29 is 30.4 Å². The Morgan fingerprint density at radius 3 is 2.18 bits per heavy atom. The van der Waals surface area contributed by atoms with Gasteiger partial charge < -0.3 is 8.98 Å². The molecule has 39 heavy (non-hydrogen) atoms. The van der Waals surface area contributed by atoms with Crippen molar-refractivity contribution in [3.05, 3.63) is 96.2 Å². The average molecular weight is 556 g/mol. The summed E-state index contributed by atoms with van der Waals surface area (Å²) in [6.45, 7) is 3.08. The standard InChI is InChI=1S/C28H21F4N3O3S/c1-16-33-25(28(30,31)32)15-35(16)24-12-9-20(19-5-4-6-22(13-19)39(3,36)37)14-23(24)26-27(38-17(2)34-26)18-7-10-21(29)11-8-18/h4-15H,1-3H3. The molecule has 2 heterocycles. The van der Waals surface area contributed by atoms with Gasteiger partial charge in [-0.05, 0) is 66.6 Å². The largest absolute Gasteiger partial charge is 0.440 e. The van der Waals surface area contributed by atoms with E-state index in [0.29, 0.717) is 39.4 Å². The van der Waals surface area contributed by atoms with E-state index >= 15 is 0 Å². The molecule has 6 nitrogen and oxygen atoms in total. The monoisotopic (exact) mass is 555 g/mol. The normalized spacial score (nSPS) is 12.2. The van der Waals surface area contributed by atoms with Crippen molar-refractivity contribution >= 4 is 9.84 Å². The van der Waals surface area contributed by atoms with Gasteiger partial charge in [0.25, 0.3) is 0 Å². The van der Waals surface area contributed by atoms with Crippen molar-refractivity contribution in [2.45, 2.75) is 24.9 Å². The molecule has 0 fully saturated rings. The summed E-state index contributed by atoms with van der Waals surface area (Å²) >= 11 is 0. The summed E-state index contributed by atoms with van der Waals surface area (Å²) in [5.41, 5.74) is 1.70. The number of alkyl halides is 3. The summed E-state index contributed by atoms with van der Waals surface area (Å²) in [6.07, 6.45) is -2.64. The van der Waals surface area contributed by atoms with Gasteiger partial charge in [0.15, 0.2) is 27.2 Å². The second-order valence-corrected chi connectivity index (χ2v) is 11.0. The zero-order valence-corrected chi connectivity index (χ0v) is 21.7. The highest BCUT2D eigenvalue weighted by Crippen LogP contribution is 2.39. The van der Waals surface area contributed by atoms with Crippen molar-refractivity contribution in [3.63, 3.8) is 0 Å². The number of hydrogen-bond acceptors (Lipinski definition) is 5. The smallest absolute Gasteiger partial charge is 0.434 e. The second-order valence-electron chi connectivity index (χ2n) is 8.99. The number of rotatable bonds is 5. The minimum Gasteiger partial charge on any atom is -0.440 e. The van der Waals surface area contributed by atoms with Gasteiger partial charge in [-0.1, -0.05) is 18.2 Å². The molecule has 0 bridgehead atoms. The average Bonchev–Trinajstić information content (AvgIpc) is 3.46. The molecule has 0 aliphatic rings. The van der Waals surface area contributed by atoms with Crippen LogP contribution in [0.15, 0.2) is 82.2 Å². The van der Waals surface area contributed by atoms with Crippen molar-refractivity contribution in [1.29, 1.82) is 0 Å². The highest BCUT2D eigenvalue weighted by atomic mass is 32.2. The zero-order valence-electron chi connectivity index (χ0n) is 20.9. The summed E-state index contributed by atoms with van der Waals surface area (Å²) in [6, 6.07) is 16.9. The molecule has 0 spiro atoms. The molecule has 0 saturated heterocycles. The predicted molar refractivity (Wildman–Crippen MR) is 137 cm³/mol. The van der Waals surface area contributed by atoms with Crippen LogP contribution in [0.5, 0.6) is 0 Å². The molecular weight excluding hydrogens is 534 g/mol. The Labute approximate surface area is 221 Å². The first-order chi connectivity index (χ1) is 18.3. The van der Waals surface area contributed by atoms with E-state index in [9.17, 15) is 26.0 Å². The third-order valence-corrected chi connectivity index (χ3v) is 7.23. The van der Waals surface area contributed by atoms with Gasteiger partial charge in [-0.25, -0.2) is 22.8 Å². The number of aromatic nitrogens is 3. The highest BCUT2D eigenvalue weighted by molar-refractivity contribution is 7.90. The molecule has 3 aromatic carbocycles. The summed E-state index contributed by atoms with van der Waals surface area (Å²) in [7, 11) is -3.48. The van der Waals surface area contributed by atoms with Gasteiger partial charge in [0, 0.05) is 30.5 Å². The van der Waals surface area contributed by atoms with Crippen LogP contribution in [0.3, 0.4) is 0 Å². The second kappa shape index (κ2) is 9.49. The van der Waals surface area contributed by atoms with E-state index in [-0.39, 0.29) is 16.6 Å². The van der Waals surface area contributed by atoms with Gasteiger partial charge >= 0.3 is 6.18 Å². The first-order valence-corrected chi connectivity index (χ1v) is 13.5. The Morgan fingerprint density at radius 2 is 1.54 bits per heavy atom.